The highest BCUT2D eigenvalue weighted by Crippen LogP contribution is 2.36. The van der Waals surface area contributed by atoms with Crippen LogP contribution >= 0.6 is 0 Å². The first kappa shape index (κ1) is 14.8. The lowest BCUT2D eigenvalue weighted by molar-refractivity contribution is 0.532. The summed E-state index contributed by atoms with van der Waals surface area (Å²) < 4.78 is 2.04. The smallest absolute Gasteiger partial charge is 0.0568 e. The number of rotatable bonds is 4. The lowest BCUT2D eigenvalue weighted by Crippen LogP contribution is -2.01. The highest BCUT2D eigenvalue weighted by Gasteiger charge is 2.16. The maximum atomic E-state index is 4.51. The number of nitrogens with zero attached hydrogens (tertiary/aromatic N) is 2. The molecule has 0 aliphatic rings. The van der Waals surface area contributed by atoms with Gasteiger partial charge in [0.15, 0.2) is 0 Å². The lowest BCUT2D eigenvalue weighted by Gasteiger charge is -2.18. The second kappa shape index (κ2) is 5.82. The van der Waals surface area contributed by atoms with Crippen molar-refractivity contribution in [1.29, 1.82) is 0 Å². The molecule has 108 valence electrons. The van der Waals surface area contributed by atoms with E-state index in [2.05, 4.69) is 71.0 Å². The van der Waals surface area contributed by atoms with Gasteiger partial charge in [-0.05, 0) is 42.4 Å². The summed E-state index contributed by atoms with van der Waals surface area (Å²) in [5, 5.41) is 4.51. The van der Waals surface area contributed by atoms with Gasteiger partial charge < -0.3 is 0 Å². The molecule has 0 N–H and O–H groups in total. The third-order valence-corrected chi connectivity index (χ3v) is 3.79. The third kappa shape index (κ3) is 2.79. The Kier molecular flexibility index (Phi) is 4.32. The second-order valence-electron chi connectivity index (χ2n) is 6.42. The number of aromatic nitrogens is 2. The summed E-state index contributed by atoms with van der Waals surface area (Å²) in [5.41, 5.74) is 5.45. The van der Waals surface area contributed by atoms with E-state index in [4.69, 9.17) is 0 Å². The molecular formula is C18H26N2. The van der Waals surface area contributed by atoms with Crippen molar-refractivity contribution in [1.82, 2.24) is 9.78 Å². The highest BCUT2D eigenvalue weighted by atomic mass is 15.3. The lowest BCUT2D eigenvalue weighted by atomic mass is 9.86. The van der Waals surface area contributed by atoms with Crippen molar-refractivity contribution >= 4 is 0 Å². The summed E-state index contributed by atoms with van der Waals surface area (Å²) in [4.78, 5) is 0. The van der Waals surface area contributed by atoms with Crippen LogP contribution in [0.1, 0.15) is 70.5 Å². The minimum Gasteiger partial charge on any atom is -0.270 e. The van der Waals surface area contributed by atoms with Gasteiger partial charge in [0.25, 0.3) is 0 Å². The van der Waals surface area contributed by atoms with E-state index in [9.17, 15) is 0 Å². The SMILES string of the molecule is CC(C)c1cccc(C(C)C)c1-c1cnn(C(C)C)c1. The largest absolute Gasteiger partial charge is 0.270 e. The topological polar surface area (TPSA) is 17.8 Å². The summed E-state index contributed by atoms with van der Waals surface area (Å²) >= 11 is 0. The Bertz CT molecular complexity index is 551. The van der Waals surface area contributed by atoms with Gasteiger partial charge in [-0.15, -0.1) is 0 Å². The van der Waals surface area contributed by atoms with Crippen molar-refractivity contribution in [2.45, 2.75) is 59.4 Å². The zero-order valence-electron chi connectivity index (χ0n) is 13.5. The summed E-state index contributed by atoms with van der Waals surface area (Å²) in [6.07, 6.45) is 4.19. The van der Waals surface area contributed by atoms with Crippen LogP contribution in [0.15, 0.2) is 30.6 Å². The van der Waals surface area contributed by atoms with Gasteiger partial charge in [0.2, 0.25) is 0 Å². The van der Waals surface area contributed by atoms with Crippen LogP contribution in [0.5, 0.6) is 0 Å². The van der Waals surface area contributed by atoms with Crippen LogP contribution in [-0.2, 0) is 0 Å². The van der Waals surface area contributed by atoms with E-state index < -0.39 is 0 Å². The van der Waals surface area contributed by atoms with Gasteiger partial charge in [0, 0.05) is 17.8 Å². The van der Waals surface area contributed by atoms with E-state index in [1.807, 2.05) is 10.9 Å². The van der Waals surface area contributed by atoms with Crippen LogP contribution in [0.25, 0.3) is 11.1 Å². The van der Waals surface area contributed by atoms with E-state index >= 15 is 0 Å². The molecule has 2 heteroatoms. The summed E-state index contributed by atoms with van der Waals surface area (Å²) in [5.74, 6) is 1.04. The predicted molar refractivity (Wildman–Crippen MR) is 86.2 cm³/mol. The molecule has 0 saturated heterocycles. The van der Waals surface area contributed by atoms with Gasteiger partial charge in [-0.25, -0.2) is 0 Å². The molecule has 2 nitrogen and oxygen atoms in total. The Morgan fingerprint density at radius 3 is 1.85 bits per heavy atom. The molecular weight excluding hydrogens is 244 g/mol. The molecule has 0 bridgehead atoms. The van der Waals surface area contributed by atoms with Crippen molar-refractivity contribution in [3.8, 4) is 11.1 Å². The maximum Gasteiger partial charge on any atom is 0.0568 e. The van der Waals surface area contributed by atoms with Gasteiger partial charge in [0.1, 0.15) is 0 Å². The van der Waals surface area contributed by atoms with Crippen molar-refractivity contribution in [3.05, 3.63) is 41.7 Å². The molecule has 2 rings (SSSR count). The van der Waals surface area contributed by atoms with Crippen molar-refractivity contribution < 1.29 is 0 Å². The van der Waals surface area contributed by atoms with Gasteiger partial charge in [-0.1, -0.05) is 45.9 Å². The molecule has 0 spiro atoms. The first-order valence-electron chi connectivity index (χ1n) is 7.59. The van der Waals surface area contributed by atoms with Crippen LogP contribution in [0.2, 0.25) is 0 Å². The third-order valence-electron chi connectivity index (χ3n) is 3.79. The van der Waals surface area contributed by atoms with E-state index in [0.29, 0.717) is 17.9 Å². The van der Waals surface area contributed by atoms with Gasteiger partial charge >= 0.3 is 0 Å². The van der Waals surface area contributed by atoms with Crippen LogP contribution in [0.4, 0.5) is 0 Å². The molecule has 0 aliphatic carbocycles. The zero-order valence-corrected chi connectivity index (χ0v) is 13.5. The average molecular weight is 270 g/mol. The summed E-state index contributed by atoms with van der Waals surface area (Å²) in [7, 11) is 0. The number of hydrogen-bond donors (Lipinski definition) is 0. The van der Waals surface area contributed by atoms with Crippen molar-refractivity contribution in [2.75, 3.05) is 0 Å². The molecule has 0 amide bonds. The second-order valence-corrected chi connectivity index (χ2v) is 6.42. The molecule has 1 aromatic heterocycles. The Morgan fingerprint density at radius 1 is 0.900 bits per heavy atom. The fourth-order valence-corrected chi connectivity index (χ4v) is 2.63. The Balaban J connectivity index is 2.62. The van der Waals surface area contributed by atoms with E-state index in [1.54, 1.807) is 0 Å². The first-order valence-corrected chi connectivity index (χ1v) is 7.59. The molecule has 1 aromatic carbocycles. The molecule has 0 fully saturated rings. The summed E-state index contributed by atoms with van der Waals surface area (Å²) in [6.45, 7) is 13.4. The maximum absolute atomic E-state index is 4.51. The molecule has 2 aromatic rings. The van der Waals surface area contributed by atoms with Crippen LogP contribution in [-0.4, -0.2) is 9.78 Å². The van der Waals surface area contributed by atoms with E-state index in [0.717, 1.165) is 0 Å². The normalized spacial score (nSPS) is 11.8. The first-order chi connectivity index (χ1) is 9.41. The van der Waals surface area contributed by atoms with Crippen LogP contribution < -0.4 is 0 Å². The fraction of sp³-hybridized carbons (Fsp3) is 0.500. The average Bonchev–Trinajstić information content (AvgIpc) is 2.87. The fourth-order valence-electron chi connectivity index (χ4n) is 2.63. The summed E-state index contributed by atoms with van der Waals surface area (Å²) in [6, 6.07) is 7.08. The highest BCUT2D eigenvalue weighted by molar-refractivity contribution is 5.71. The molecule has 0 aliphatic heterocycles. The Morgan fingerprint density at radius 2 is 1.45 bits per heavy atom. The zero-order chi connectivity index (χ0) is 14.9. The van der Waals surface area contributed by atoms with Gasteiger partial charge in [0.05, 0.1) is 6.20 Å². The monoisotopic (exact) mass is 270 g/mol. The number of benzene rings is 1. The minimum absolute atomic E-state index is 0.400. The van der Waals surface area contributed by atoms with Crippen molar-refractivity contribution in [2.24, 2.45) is 0 Å². The Hall–Kier alpha value is -1.57. The predicted octanol–water partition coefficient (Wildman–Crippen LogP) is 5.38. The molecule has 0 saturated carbocycles. The molecule has 0 radical (unpaired) electrons. The minimum atomic E-state index is 0.400. The van der Waals surface area contributed by atoms with E-state index in [-0.39, 0.29) is 0 Å². The van der Waals surface area contributed by atoms with E-state index in [1.165, 1.54) is 22.3 Å². The standard InChI is InChI=1S/C18H26N2/c1-12(2)16-8-7-9-17(13(3)4)18(16)15-10-19-20(11-15)14(5)6/h7-14H,1-6H3. The van der Waals surface area contributed by atoms with Crippen LogP contribution in [0, 0.1) is 0 Å². The van der Waals surface area contributed by atoms with Crippen LogP contribution in [0.3, 0.4) is 0 Å². The van der Waals surface area contributed by atoms with Crippen molar-refractivity contribution in [3.63, 3.8) is 0 Å². The van der Waals surface area contributed by atoms with Gasteiger partial charge in [-0.3, -0.25) is 4.68 Å². The number of hydrogen-bond acceptors (Lipinski definition) is 1. The van der Waals surface area contributed by atoms with Gasteiger partial charge in [-0.2, -0.15) is 5.10 Å². The Labute approximate surface area is 122 Å². The molecule has 0 unspecified atom stereocenters. The molecule has 0 atom stereocenters. The quantitative estimate of drug-likeness (QED) is 0.729. The molecule has 20 heavy (non-hydrogen) atoms. The molecule has 1 heterocycles.